The fourth-order valence-corrected chi connectivity index (χ4v) is 4.64. The normalized spacial score (nSPS) is 10.9. The zero-order valence-corrected chi connectivity index (χ0v) is 20.2. The SMILES string of the molecule is Cc1ccccc1C(=O)Oc1ccc(/C=N\NC(=O)CNC(=O)c2sc3ccccc3c2Cl)cc1. The van der Waals surface area contributed by atoms with Gasteiger partial charge in [0, 0.05) is 10.1 Å². The lowest BCUT2D eigenvalue weighted by Crippen LogP contribution is -2.34. The lowest BCUT2D eigenvalue weighted by atomic mass is 10.1. The van der Waals surface area contributed by atoms with Crippen LogP contribution in [0.5, 0.6) is 5.75 Å². The third-order valence-corrected chi connectivity index (χ3v) is 6.68. The first-order chi connectivity index (χ1) is 16.9. The van der Waals surface area contributed by atoms with Gasteiger partial charge in [0.05, 0.1) is 23.3 Å². The Bertz CT molecular complexity index is 1430. The van der Waals surface area contributed by atoms with Crippen molar-refractivity contribution in [2.24, 2.45) is 5.10 Å². The number of amides is 2. The van der Waals surface area contributed by atoms with Crippen molar-refractivity contribution >= 4 is 57.0 Å². The number of hydrogen-bond acceptors (Lipinski definition) is 6. The summed E-state index contributed by atoms with van der Waals surface area (Å²) in [6.45, 7) is 1.59. The first-order valence-electron chi connectivity index (χ1n) is 10.6. The number of esters is 1. The molecule has 2 N–H and O–H groups in total. The van der Waals surface area contributed by atoms with Crippen molar-refractivity contribution in [1.29, 1.82) is 0 Å². The van der Waals surface area contributed by atoms with Crippen molar-refractivity contribution in [3.8, 4) is 5.75 Å². The zero-order valence-electron chi connectivity index (χ0n) is 18.6. The molecule has 4 rings (SSSR count). The third-order valence-electron chi connectivity index (χ3n) is 5.01. The van der Waals surface area contributed by atoms with Crippen LogP contribution in [0.1, 0.15) is 31.2 Å². The van der Waals surface area contributed by atoms with E-state index in [-0.39, 0.29) is 6.54 Å². The van der Waals surface area contributed by atoms with Crippen LogP contribution in [-0.4, -0.2) is 30.5 Å². The molecule has 0 spiro atoms. The van der Waals surface area contributed by atoms with Gasteiger partial charge in [-0.2, -0.15) is 5.10 Å². The summed E-state index contributed by atoms with van der Waals surface area (Å²) in [7, 11) is 0. The van der Waals surface area contributed by atoms with Crippen LogP contribution in [0.4, 0.5) is 0 Å². The number of hydrazone groups is 1. The highest BCUT2D eigenvalue weighted by Gasteiger charge is 2.17. The molecule has 9 heteroatoms. The maximum atomic E-state index is 12.4. The minimum atomic E-state index is -0.490. The average Bonchev–Trinajstić information content (AvgIpc) is 3.20. The van der Waals surface area contributed by atoms with E-state index >= 15 is 0 Å². The second-order valence-corrected chi connectivity index (χ2v) is 8.92. The van der Waals surface area contributed by atoms with Crippen LogP contribution >= 0.6 is 22.9 Å². The summed E-state index contributed by atoms with van der Waals surface area (Å²) in [6.07, 6.45) is 1.44. The molecular weight excluding hydrogens is 486 g/mol. The van der Waals surface area contributed by atoms with Crippen LogP contribution in [0.3, 0.4) is 0 Å². The highest BCUT2D eigenvalue weighted by Crippen LogP contribution is 2.34. The van der Waals surface area contributed by atoms with E-state index in [2.05, 4.69) is 15.8 Å². The monoisotopic (exact) mass is 505 g/mol. The van der Waals surface area contributed by atoms with Gasteiger partial charge < -0.3 is 10.1 Å². The molecule has 4 aromatic rings. The van der Waals surface area contributed by atoms with E-state index < -0.39 is 17.8 Å². The maximum absolute atomic E-state index is 12.4. The second-order valence-electron chi connectivity index (χ2n) is 7.49. The first-order valence-corrected chi connectivity index (χ1v) is 11.8. The summed E-state index contributed by atoms with van der Waals surface area (Å²) in [4.78, 5) is 37.1. The molecule has 35 heavy (non-hydrogen) atoms. The number of benzene rings is 3. The first kappa shape index (κ1) is 24.1. The molecule has 1 aromatic heterocycles. The van der Waals surface area contributed by atoms with Crippen molar-refractivity contribution in [3.63, 3.8) is 0 Å². The molecule has 0 saturated heterocycles. The van der Waals surface area contributed by atoms with E-state index in [0.29, 0.717) is 26.8 Å². The Kier molecular flexibility index (Phi) is 7.54. The highest BCUT2D eigenvalue weighted by molar-refractivity contribution is 7.21. The number of rotatable bonds is 7. The van der Waals surface area contributed by atoms with Gasteiger partial charge in [0.15, 0.2) is 0 Å². The van der Waals surface area contributed by atoms with Crippen molar-refractivity contribution in [2.75, 3.05) is 6.54 Å². The Hall–Kier alpha value is -4.01. The van der Waals surface area contributed by atoms with Gasteiger partial charge in [-0.3, -0.25) is 9.59 Å². The number of aryl methyl sites for hydroxylation is 1. The van der Waals surface area contributed by atoms with E-state index in [1.54, 1.807) is 36.4 Å². The minimum absolute atomic E-state index is 0.255. The van der Waals surface area contributed by atoms with Gasteiger partial charge in [0.2, 0.25) is 0 Å². The number of carbonyl (C=O) groups is 3. The molecule has 0 bridgehead atoms. The van der Waals surface area contributed by atoms with Crippen LogP contribution in [-0.2, 0) is 4.79 Å². The highest BCUT2D eigenvalue weighted by atomic mass is 35.5. The van der Waals surface area contributed by atoms with Gasteiger partial charge in [-0.1, -0.05) is 48.0 Å². The van der Waals surface area contributed by atoms with Gasteiger partial charge in [-0.05, 0) is 54.4 Å². The Morgan fingerprint density at radius 1 is 1.00 bits per heavy atom. The molecule has 0 aliphatic heterocycles. The molecule has 0 atom stereocenters. The molecular formula is C26H20ClN3O4S. The fraction of sp³-hybridized carbons (Fsp3) is 0.0769. The molecule has 0 radical (unpaired) electrons. The van der Waals surface area contributed by atoms with Crippen LogP contribution in [0, 0.1) is 6.92 Å². The molecule has 1 heterocycles. The summed E-state index contributed by atoms with van der Waals surface area (Å²) < 4.78 is 6.29. The Morgan fingerprint density at radius 3 is 2.46 bits per heavy atom. The smallest absolute Gasteiger partial charge is 0.343 e. The number of nitrogens with one attached hydrogen (secondary N) is 2. The molecule has 2 amide bonds. The van der Waals surface area contributed by atoms with E-state index in [4.69, 9.17) is 16.3 Å². The zero-order chi connectivity index (χ0) is 24.8. The number of hydrogen-bond donors (Lipinski definition) is 2. The number of fused-ring (bicyclic) bond motifs is 1. The lowest BCUT2D eigenvalue weighted by Gasteiger charge is -2.06. The molecule has 0 aliphatic carbocycles. The van der Waals surface area contributed by atoms with Gasteiger partial charge in [0.25, 0.3) is 11.8 Å². The number of halogens is 1. The largest absolute Gasteiger partial charge is 0.423 e. The number of ether oxygens (including phenoxy) is 1. The number of nitrogens with zero attached hydrogens (tertiary/aromatic N) is 1. The third kappa shape index (κ3) is 5.92. The van der Waals surface area contributed by atoms with Gasteiger partial charge in [-0.15, -0.1) is 11.3 Å². The van der Waals surface area contributed by atoms with Crippen LogP contribution < -0.4 is 15.5 Å². The van der Waals surface area contributed by atoms with Crippen LogP contribution in [0.15, 0.2) is 77.9 Å². The maximum Gasteiger partial charge on any atom is 0.343 e. The Balaban J connectivity index is 1.26. The Morgan fingerprint density at radius 2 is 1.71 bits per heavy atom. The number of thiophene rings is 1. The van der Waals surface area contributed by atoms with Gasteiger partial charge in [-0.25, -0.2) is 10.2 Å². The molecule has 3 aromatic carbocycles. The molecule has 0 aliphatic rings. The van der Waals surface area contributed by atoms with Crippen LogP contribution in [0.2, 0.25) is 5.02 Å². The van der Waals surface area contributed by atoms with E-state index in [1.807, 2.05) is 43.3 Å². The summed E-state index contributed by atoms with van der Waals surface area (Å²) in [5.74, 6) is -0.959. The topological polar surface area (TPSA) is 96.9 Å². The van der Waals surface area contributed by atoms with Crippen molar-refractivity contribution < 1.29 is 19.1 Å². The average molecular weight is 506 g/mol. The summed E-state index contributed by atoms with van der Waals surface area (Å²) in [6, 6.07) is 21.3. The molecule has 176 valence electrons. The molecule has 0 saturated carbocycles. The molecule has 0 unspecified atom stereocenters. The van der Waals surface area contributed by atoms with Crippen molar-refractivity contribution in [1.82, 2.24) is 10.7 Å². The fourth-order valence-electron chi connectivity index (χ4n) is 3.21. The van der Waals surface area contributed by atoms with E-state index in [1.165, 1.54) is 17.6 Å². The molecule has 7 nitrogen and oxygen atoms in total. The minimum Gasteiger partial charge on any atom is -0.423 e. The quantitative estimate of drug-likeness (QED) is 0.160. The Labute approximate surface area is 210 Å². The van der Waals surface area contributed by atoms with Gasteiger partial charge in [0.1, 0.15) is 10.6 Å². The summed E-state index contributed by atoms with van der Waals surface area (Å²) in [5.41, 5.74) is 4.37. The van der Waals surface area contributed by atoms with E-state index in [9.17, 15) is 14.4 Å². The standard InChI is InChI=1S/C26H20ClN3O4S/c1-16-6-2-3-7-19(16)26(33)34-18-12-10-17(11-13-18)14-29-30-22(31)15-28-25(32)24-23(27)20-8-4-5-9-21(20)35-24/h2-14H,15H2,1H3,(H,28,32)(H,30,31)/b29-14-. The summed E-state index contributed by atoms with van der Waals surface area (Å²) in [5, 5.41) is 7.60. The van der Waals surface area contributed by atoms with E-state index in [0.717, 1.165) is 15.6 Å². The summed E-state index contributed by atoms with van der Waals surface area (Å²) >= 11 is 7.56. The molecule has 0 fully saturated rings. The second kappa shape index (κ2) is 10.9. The lowest BCUT2D eigenvalue weighted by molar-refractivity contribution is -0.120. The van der Waals surface area contributed by atoms with Crippen LogP contribution in [0.25, 0.3) is 10.1 Å². The van der Waals surface area contributed by atoms with Gasteiger partial charge >= 0.3 is 5.97 Å². The number of carbonyl (C=O) groups excluding carboxylic acids is 3. The van der Waals surface area contributed by atoms with Crippen molar-refractivity contribution in [2.45, 2.75) is 6.92 Å². The van der Waals surface area contributed by atoms with Crippen molar-refractivity contribution in [3.05, 3.63) is 99.4 Å². The predicted octanol–water partition coefficient (Wildman–Crippen LogP) is 4.96. The predicted molar refractivity (Wildman–Crippen MR) is 137 cm³/mol.